The van der Waals surface area contributed by atoms with Crippen molar-refractivity contribution in [3.8, 4) is 0 Å². The van der Waals surface area contributed by atoms with Crippen LogP contribution in [0.3, 0.4) is 0 Å². The van der Waals surface area contributed by atoms with Crippen LogP contribution in [-0.4, -0.2) is 12.1 Å². The van der Waals surface area contributed by atoms with Crippen molar-refractivity contribution in [1.82, 2.24) is 0 Å². The largest absolute Gasteiger partial charge is 0.295 e. The number of carbonyl (C=O) groups is 2. The molecule has 0 atom stereocenters. The minimum absolute atomic E-state index is 0.302. The van der Waals surface area contributed by atoms with Crippen LogP contribution in [0.5, 0.6) is 0 Å². The number of carbonyl (C=O) groups excluding carboxylic acids is 2. The van der Waals surface area contributed by atoms with Gasteiger partial charge in [0.2, 0.25) is 0 Å². The number of hydrogen-bond acceptors (Lipinski definition) is 2. The minimum atomic E-state index is -0.302. The molecule has 0 aromatic rings. The van der Waals surface area contributed by atoms with Crippen LogP contribution >= 0.6 is 0 Å². The highest BCUT2D eigenvalue weighted by Crippen LogP contribution is 1.97. The third-order valence-electron chi connectivity index (χ3n) is 1.05. The molecule has 0 aliphatic heterocycles. The first-order chi connectivity index (χ1) is 4.31. The number of unbranched alkanes of at least 4 members (excludes halogenated alkanes) is 2. The summed E-state index contributed by atoms with van der Waals surface area (Å²) in [5, 5.41) is 0. The Labute approximate surface area is 55.3 Å². The van der Waals surface area contributed by atoms with Gasteiger partial charge in [-0.05, 0) is 6.42 Å². The van der Waals surface area contributed by atoms with Crippen molar-refractivity contribution in [3.63, 3.8) is 0 Å². The van der Waals surface area contributed by atoms with Crippen molar-refractivity contribution in [2.45, 2.75) is 25.7 Å². The molecule has 0 saturated carbocycles. The highest BCUT2D eigenvalue weighted by Gasteiger charge is 1.95. The summed E-state index contributed by atoms with van der Waals surface area (Å²) < 4.78 is 0. The number of rotatable bonds is 5. The zero-order valence-electron chi connectivity index (χ0n) is 5.43. The van der Waals surface area contributed by atoms with E-state index in [2.05, 4.69) is 6.92 Å². The van der Waals surface area contributed by atoms with Gasteiger partial charge in [-0.1, -0.05) is 19.8 Å². The van der Waals surface area contributed by atoms with E-state index >= 15 is 0 Å². The molecule has 0 fully saturated rings. The molecule has 2 heteroatoms. The van der Waals surface area contributed by atoms with Gasteiger partial charge in [-0.3, -0.25) is 9.59 Å². The summed E-state index contributed by atoms with van der Waals surface area (Å²) in [7, 11) is 0. The molecule has 2 nitrogen and oxygen atoms in total. The fourth-order valence-corrected chi connectivity index (χ4v) is 0.535. The zero-order valence-corrected chi connectivity index (χ0v) is 5.43. The van der Waals surface area contributed by atoms with Crippen LogP contribution in [0.4, 0.5) is 0 Å². The summed E-state index contributed by atoms with van der Waals surface area (Å²) >= 11 is 0. The van der Waals surface area contributed by atoms with Gasteiger partial charge in [0, 0.05) is 6.42 Å². The predicted octanol–water partition coefficient (Wildman–Crippen LogP) is 1.15. The van der Waals surface area contributed by atoms with Crippen LogP contribution in [0.1, 0.15) is 25.7 Å². The maximum Gasteiger partial charge on any atom is 0.195 e. The molecular formula is C7H11O2. The molecule has 0 rings (SSSR count). The molecule has 9 heavy (non-hydrogen) atoms. The lowest BCUT2D eigenvalue weighted by Crippen LogP contribution is -1.97. The van der Waals surface area contributed by atoms with E-state index in [0.29, 0.717) is 12.7 Å². The maximum atomic E-state index is 10.3. The topological polar surface area (TPSA) is 34.1 Å². The Morgan fingerprint density at radius 1 is 1.44 bits per heavy atom. The Morgan fingerprint density at radius 2 is 2.11 bits per heavy atom. The molecule has 0 aliphatic rings. The quantitative estimate of drug-likeness (QED) is 0.315. The van der Waals surface area contributed by atoms with E-state index in [1.165, 1.54) is 0 Å². The molecule has 0 bridgehead atoms. The average molecular weight is 127 g/mol. The van der Waals surface area contributed by atoms with Gasteiger partial charge in [0.25, 0.3) is 0 Å². The highest BCUT2D eigenvalue weighted by molar-refractivity contribution is 6.24. The van der Waals surface area contributed by atoms with Crippen LogP contribution < -0.4 is 0 Å². The molecule has 51 valence electrons. The van der Waals surface area contributed by atoms with Gasteiger partial charge in [0.1, 0.15) is 0 Å². The van der Waals surface area contributed by atoms with Crippen molar-refractivity contribution in [3.05, 3.63) is 6.92 Å². The molecule has 0 N–H and O–H groups in total. The average Bonchev–Trinajstić information content (AvgIpc) is 1.89. The smallest absolute Gasteiger partial charge is 0.195 e. The molecule has 0 heterocycles. The van der Waals surface area contributed by atoms with E-state index in [9.17, 15) is 9.59 Å². The first-order valence-electron chi connectivity index (χ1n) is 3.08. The number of Topliss-reactive ketones (excluding diaryl/α,β-unsaturated/α-hetero) is 1. The molecule has 0 aromatic heterocycles. The van der Waals surface area contributed by atoms with Crippen molar-refractivity contribution < 1.29 is 9.59 Å². The predicted molar refractivity (Wildman–Crippen MR) is 34.9 cm³/mol. The van der Waals surface area contributed by atoms with Crippen LogP contribution in [0.2, 0.25) is 0 Å². The molecule has 0 unspecified atom stereocenters. The standard InChI is InChI=1S/C7H11O2/c1-2-3-4-5-7(9)6-8/h6H,1-5H2. The molecule has 0 spiro atoms. The minimum Gasteiger partial charge on any atom is -0.295 e. The third kappa shape index (κ3) is 5.21. The van der Waals surface area contributed by atoms with E-state index in [0.717, 1.165) is 19.3 Å². The Kier molecular flexibility index (Phi) is 5.07. The van der Waals surface area contributed by atoms with Crippen LogP contribution in [0.25, 0.3) is 0 Å². The van der Waals surface area contributed by atoms with Gasteiger partial charge >= 0.3 is 0 Å². The summed E-state index contributed by atoms with van der Waals surface area (Å²) in [5.74, 6) is -0.302. The first-order valence-corrected chi connectivity index (χ1v) is 3.08. The van der Waals surface area contributed by atoms with E-state index in [1.54, 1.807) is 0 Å². The second-order valence-corrected chi connectivity index (χ2v) is 1.89. The van der Waals surface area contributed by atoms with Crippen LogP contribution in [0.15, 0.2) is 0 Å². The molecule has 0 aliphatic carbocycles. The second kappa shape index (κ2) is 5.48. The Morgan fingerprint density at radius 3 is 2.56 bits per heavy atom. The summed E-state index contributed by atoms with van der Waals surface area (Å²) in [6, 6.07) is 0. The summed E-state index contributed by atoms with van der Waals surface area (Å²) in [6.45, 7) is 3.61. The third-order valence-corrected chi connectivity index (χ3v) is 1.05. The van der Waals surface area contributed by atoms with Crippen LogP contribution in [0, 0.1) is 6.92 Å². The lowest BCUT2D eigenvalue weighted by molar-refractivity contribution is -0.129. The summed E-state index contributed by atoms with van der Waals surface area (Å²) in [6.07, 6.45) is 3.33. The summed E-state index contributed by atoms with van der Waals surface area (Å²) in [4.78, 5) is 20.0. The van der Waals surface area contributed by atoms with Gasteiger partial charge in [0.05, 0.1) is 0 Å². The van der Waals surface area contributed by atoms with Gasteiger partial charge in [-0.2, -0.15) is 0 Å². The molecule has 1 radical (unpaired) electrons. The van der Waals surface area contributed by atoms with E-state index < -0.39 is 0 Å². The van der Waals surface area contributed by atoms with E-state index in [1.807, 2.05) is 0 Å². The van der Waals surface area contributed by atoms with Gasteiger partial charge in [-0.15, -0.1) is 0 Å². The van der Waals surface area contributed by atoms with Gasteiger partial charge < -0.3 is 0 Å². The van der Waals surface area contributed by atoms with E-state index in [4.69, 9.17) is 0 Å². The molecular weight excluding hydrogens is 116 g/mol. The van der Waals surface area contributed by atoms with Gasteiger partial charge in [-0.25, -0.2) is 0 Å². The SMILES string of the molecule is [CH2]CCCCC(=O)C=O. The fraction of sp³-hybridized carbons (Fsp3) is 0.571. The zero-order chi connectivity index (χ0) is 7.11. The van der Waals surface area contributed by atoms with Crippen molar-refractivity contribution in [2.75, 3.05) is 0 Å². The number of ketones is 1. The van der Waals surface area contributed by atoms with Crippen molar-refractivity contribution in [2.24, 2.45) is 0 Å². The fourth-order valence-electron chi connectivity index (χ4n) is 0.535. The maximum absolute atomic E-state index is 10.3. The highest BCUT2D eigenvalue weighted by atomic mass is 16.2. The number of aldehydes is 1. The Balaban J connectivity index is 3.07. The van der Waals surface area contributed by atoms with Crippen molar-refractivity contribution in [1.29, 1.82) is 0 Å². The molecule has 0 aromatic carbocycles. The monoisotopic (exact) mass is 127 g/mol. The normalized spacial score (nSPS) is 9.00. The Bertz CT molecular complexity index is 97.1. The summed E-state index contributed by atoms with van der Waals surface area (Å²) in [5.41, 5.74) is 0. The van der Waals surface area contributed by atoms with E-state index in [-0.39, 0.29) is 5.78 Å². The lowest BCUT2D eigenvalue weighted by atomic mass is 10.1. The second-order valence-electron chi connectivity index (χ2n) is 1.89. The van der Waals surface area contributed by atoms with Gasteiger partial charge in [0.15, 0.2) is 12.1 Å². The number of hydrogen-bond donors (Lipinski definition) is 0. The van der Waals surface area contributed by atoms with Crippen molar-refractivity contribution >= 4 is 12.1 Å². The van der Waals surface area contributed by atoms with Crippen LogP contribution in [-0.2, 0) is 9.59 Å². The molecule has 0 amide bonds. The lowest BCUT2D eigenvalue weighted by Gasteiger charge is -1.90. The molecule has 0 saturated heterocycles. The Hall–Kier alpha value is -0.660. The first kappa shape index (κ1) is 8.34.